The van der Waals surface area contributed by atoms with Crippen LogP contribution >= 0.6 is 34.8 Å². The summed E-state index contributed by atoms with van der Waals surface area (Å²) in [6.45, 7) is 5.13. The molecule has 3 aliphatic heterocycles. The Kier molecular flexibility index (Phi) is 11.3. The fourth-order valence-electron chi connectivity index (χ4n) is 7.70. The highest BCUT2D eigenvalue weighted by Crippen LogP contribution is 2.43. The lowest BCUT2D eigenvalue weighted by Crippen LogP contribution is -2.57. The fraction of sp³-hybridized carbons (Fsp3) is 0.366. The maximum atomic E-state index is 13.3. The number of aliphatic hydroxyl groups excluding tert-OH is 1. The Morgan fingerprint density at radius 1 is 0.887 bits per heavy atom. The van der Waals surface area contributed by atoms with Crippen LogP contribution < -0.4 is 15.5 Å². The quantitative estimate of drug-likeness (QED) is 0.157. The Morgan fingerprint density at radius 2 is 1.58 bits per heavy atom. The number of amides is 2. The second-order valence-corrected chi connectivity index (χ2v) is 16.4. The van der Waals surface area contributed by atoms with E-state index >= 15 is 0 Å². The number of carbonyl (C=O) groups excluding carboxylic acids is 2. The fourth-order valence-corrected chi connectivity index (χ4v) is 7.90. The second kappa shape index (κ2) is 16.0. The van der Waals surface area contributed by atoms with Crippen LogP contribution in [0.2, 0.25) is 0 Å². The second-order valence-electron chi connectivity index (χ2n) is 14.1. The van der Waals surface area contributed by atoms with E-state index in [1.165, 1.54) is 0 Å². The van der Waals surface area contributed by atoms with Crippen molar-refractivity contribution in [3.8, 4) is 11.1 Å². The van der Waals surface area contributed by atoms with E-state index in [0.29, 0.717) is 13.2 Å². The zero-order valence-electron chi connectivity index (χ0n) is 29.4. The van der Waals surface area contributed by atoms with E-state index in [0.717, 1.165) is 65.0 Å². The number of ether oxygens (including phenoxy) is 2. The molecule has 3 heterocycles. The summed E-state index contributed by atoms with van der Waals surface area (Å²) >= 11 is 17.1. The highest BCUT2D eigenvalue weighted by Gasteiger charge is 2.51. The molecular weight excluding hydrogens is 735 g/mol. The summed E-state index contributed by atoms with van der Waals surface area (Å²) in [6, 6.07) is 34.0. The molecule has 1 spiro atoms. The number of carbonyl (C=O) groups is 2. The molecule has 3 fully saturated rings. The minimum atomic E-state index is -2.02. The lowest BCUT2D eigenvalue weighted by molar-refractivity contribution is -0.276. The van der Waals surface area contributed by atoms with Crippen molar-refractivity contribution < 1.29 is 24.2 Å². The number of hydrogen-bond donors (Lipinski definition) is 3. The van der Waals surface area contributed by atoms with Crippen LogP contribution in [0.4, 0.5) is 5.69 Å². The molecule has 12 heteroatoms. The number of nitrogens with zero attached hydrogens (tertiary/aromatic N) is 2. The third-order valence-corrected chi connectivity index (χ3v) is 11.3. The van der Waals surface area contributed by atoms with Crippen LogP contribution in [0, 0.1) is 5.92 Å². The summed E-state index contributed by atoms with van der Waals surface area (Å²) in [5.74, 6) is -0.549. The van der Waals surface area contributed by atoms with Crippen LogP contribution in [0.25, 0.3) is 11.1 Å². The molecule has 7 rings (SSSR count). The van der Waals surface area contributed by atoms with Gasteiger partial charge in [-0.05, 0) is 58.9 Å². The van der Waals surface area contributed by atoms with E-state index in [1.807, 2.05) is 91.0 Å². The van der Waals surface area contributed by atoms with Gasteiger partial charge in [-0.3, -0.25) is 9.59 Å². The summed E-state index contributed by atoms with van der Waals surface area (Å²) in [5, 5.41) is 15.4. The summed E-state index contributed by atoms with van der Waals surface area (Å²) < 4.78 is 11.5. The molecule has 4 unspecified atom stereocenters. The maximum absolute atomic E-state index is 13.3. The SMILES string of the molecule is CC1C(CN2CCC3(CC2)C(=O)NCN3c2ccccc2)OC(c2ccc(-c3cccc(CNC(=O)C(Cl)(Cl)Cl)c3)cc2)OC1c1ccc(CO)cc1. The Morgan fingerprint density at radius 3 is 2.26 bits per heavy atom. The van der Waals surface area contributed by atoms with Gasteiger partial charge in [0.1, 0.15) is 5.54 Å². The number of nitrogens with one attached hydrogen (secondary N) is 2. The van der Waals surface area contributed by atoms with Crippen molar-refractivity contribution in [2.75, 3.05) is 31.2 Å². The van der Waals surface area contributed by atoms with Gasteiger partial charge in [0, 0.05) is 43.3 Å². The first kappa shape index (κ1) is 37.6. The van der Waals surface area contributed by atoms with Gasteiger partial charge >= 0.3 is 0 Å². The minimum Gasteiger partial charge on any atom is -0.392 e. The van der Waals surface area contributed by atoms with Gasteiger partial charge in [-0.1, -0.05) is 127 Å². The van der Waals surface area contributed by atoms with Crippen molar-refractivity contribution in [3.63, 3.8) is 0 Å². The number of likely N-dealkylation sites (tertiary alicyclic amines) is 1. The van der Waals surface area contributed by atoms with Crippen molar-refractivity contribution in [1.82, 2.24) is 15.5 Å². The third kappa shape index (κ3) is 8.22. The Balaban J connectivity index is 1.07. The van der Waals surface area contributed by atoms with Gasteiger partial charge in [-0.15, -0.1) is 0 Å². The number of halogens is 3. The number of para-hydroxylation sites is 1. The van der Waals surface area contributed by atoms with Gasteiger partial charge in [0.2, 0.25) is 5.91 Å². The van der Waals surface area contributed by atoms with Crippen molar-refractivity contribution in [2.45, 2.75) is 60.7 Å². The van der Waals surface area contributed by atoms with Gasteiger partial charge in [0.25, 0.3) is 9.70 Å². The molecule has 0 aromatic heterocycles. The van der Waals surface area contributed by atoms with E-state index in [1.54, 1.807) is 0 Å². The van der Waals surface area contributed by atoms with Crippen LogP contribution in [0.3, 0.4) is 0 Å². The lowest BCUT2D eigenvalue weighted by atomic mass is 9.84. The summed E-state index contributed by atoms with van der Waals surface area (Å²) in [4.78, 5) is 30.0. The first-order chi connectivity index (χ1) is 25.5. The highest BCUT2D eigenvalue weighted by atomic mass is 35.6. The number of aliphatic hydroxyl groups is 1. The normalized spacial score (nSPS) is 23.2. The molecule has 9 nitrogen and oxygen atoms in total. The highest BCUT2D eigenvalue weighted by molar-refractivity contribution is 6.76. The number of anilines is 1. The largest absolute Gasteiger partial charge is 0.392 e. The first-order valence-corrected chi connectivity index (χ1v) is 19.1. The van der Waals surface area contributed by atoms with E-state index in [9.17, 15) is 14.7 Å². The van der Waals surface area contributed by atoms with E-state index in [-0.39, 0.29) is 37.2 Å². The van der Waals surface area contributed by atoms with Crippen molar-refractivity contribution in [1.29, 1.82) is 0 Å². The number of hydrogen-bond acceptors (Lipinski definition) is 7. The van der Waals surface area contributed by atoms with Crippen LogP contribution in [0.1, 0.15) is 54.4 Å². The molecule has 3 N–H and O–H groups in total. The van der Waals surface area contributed by atoms with Crippen molar-refractivity contribution >= 4 is 52.3 Å². The topological polar surface area (TPSA) is 103 Å². The van der Waals surface area contributed by atoms with E-state index < -0.39 is 21.5 Å². The standard InChI is InChI=1S/C41H43Cl3N4O5/c1-27-35(24-47-20-18-40(19-21-47)38(50)46-26-48(40)34-8-3-2-4-9-34)52-37(53-36(27)31-12-10-28(25-49)11-13-31)32-16-14-30(15-17-32)33-7-5-6-29(22-33)23-45-39(51)41(42,43)44/h2-17,22,27,35-37,49H,18-21,23-26H2,1H3,(H,45,51)(H,46,50). The minimum absolute atomic E-state index is 0.0231. The summed E-state index contributed by atoms with van der Waals surface area (Å²) in [7, 11) is 0. The molecule has 0 saturated carbocycles. The van der Waals surface area contributed by atoms with Crippen LogP contribution in [-0.4, -0.2) is 63.6 Å². The molecule has 53 heavy (non-hydrogen) atoms. The first-order valence-electron chi connectivity index (χ1n) is 17.9. The molecule has 3 saturated heterocycles. The van der Waals surface area contributed by atoms with Crippen LogP contribution in [-0.2, 0) is 32.2 Å². The summed E-state index contributed by atoms with van der Waals surface area (Å²) in [5.41, 5.74) is 6.10. The molecule has 0 bridgehead atoms. The molecule has 4 aromatic rings. The Labute approximate surface area is 325 Å². The third-order valence-electron chi connectivity index (χ3n) is 10.8. The maximum Gasteiger partial charge on any atom is 0.272 e. The molecule has 2 amide bonds. The van der Waals surface area contributed by atoms with Crippen LogP contribution in [0.15, 0.2) is 103 Å². The average molecular weight is 778 g/mol. The van der Waals surface area contributed by atoms with E-state index in [2.05, 4.69) is 39.5 Å². The molecule has 3 aliphatic rings. The van der Waals surface area contributed by atoms with Crippen LogP contribution in [0.5, 0.6) is 0 Å². The molecular formula is C41H43Cl3N4O5. The number of alkyl halides is 3. The monoisotopic (exact) mass is 776 g/mol. The molecule has 0 radical (unpaired) electrons. The number of benzene rings is 4. The predicted octanol–water partition coefficient (Wildman–Crippen LogP) is 7.05. The molecule has 278 valence electrons. The Bertz CT molecular complexity index is 1880. The van der Waals surface area contributed by atoms with Gasteiger partial charge < -0.3 is 35.0 Å². The smallest absolute Gasteiger partial charge is 0.272 e. The molecule has 4 atom stereocenters. The zero-order chi connectivity index (χ0) is 37.2. The predicted molar refractivity (Wildman–Crippen MR) is 207 cm³/mol. The van der Waals surface area contributed by atoms with Gasteiger partial charge in [-0.2, -0.15) is 0 Å². The van der Waals surface area contributed by atoms with Crippen molar-refractivity contribution in [3.05, 3.63) is 125 Å². The summed E-state index contributed by atoms with van der Waals surface area (Å²) in [6.07, 6.45) is 0.454. The van der Waals surface area contributed by atoms with Gasteiger partial charge in [-0.25, -0.2) is 0 Å². The Hall–Kier alpha value is -3.67. The number of piperidine rings is 1. The van der Waals surface area contributed by atoms with Gasteiger partial charge in [0.05, 0.1) is 25.5 Å². The van der Waals surface area contributed by atoms with E-state index in [4.69, 9.17) is 44.3 Å². The number of rotatable bonds is 9. The molecule has 4 aromatic carbocycles. The lowest BCUT2D eigenvalue weighted by Gasteiger charge is -2.46. The van der Waals surface area contributed by atoms with Gasteiger partial charge in [0.15, 0.2) is 6.29 Å². The molecule has 0 aliphatic carbocycles. The zero-order valence-corrected chi connectivity index (χ0v) is 31.7. The average Bonchev–Trinajstić information content (AvgIpc) is 3.49. The van der Waals surface area contributed by atoms with Crippen molar-refractivity contribution in [2.24, 2.45) is 5.92 Å².